The Balaban J connectivity index is 4.02. The van der Waals surface area contributed by atoms with E-state index in [1.807, 2.05) is 0 Å². The standard InChI is InChI=1S/C6H8NO4/c1-6(2,5(9)10)11-7-3-4-8/h3H,1-2H3,(H,9,10)/b7-3-. The molecule has 0 aromatic heterocycles. The smallest absolute Gasteiger partial charge is 0.350 e. The molecule has 0 atom stereocenters. The first-order chi connectivity index (χ1) is 5.00. The second-order valence-corrected chi connectivity index (χ2v) is 2.26. The van der Waals surface area contributed by atoms with Crippen LogP contribution in [0.5, 0.6) is 0 Å². The van der Waals surface area contributed by atoms with Gasteiger partial charge in [0.2, 0.25) is 11.9 Å². The Kier molecular flexibility index (Phi) is 3.23. The van der Waals surface area contributed by atoms with Gasteiger partial charge < -0.3 is 9.94 Å². The van der Waals surface area contributed by atoms with Crippen LogP contribution in [0.25, 0.3) is 0 Å². The fourth-order valence-electron chi connectivity index (χ4n) is 0.219. The average molecular weight is 158 g/mol. The van der Waals surface area contributed by atoms with Gasteiger partial charge in [0.1, 0.15) is 6.21 Å². The van der Waals surface area contributed by atoms with Gasteiger partial charge >= 0.3 is 5.97 Å². The predicted molar refractivity (Wildman–Crippen MR) is 37.0 cm³/mol. The van der Waals surface area contributed by atoms with Gasteiger partial charge in [-0.3, -0.25) is 4.79 Å². The van der Waals surface area contributed by atoms with E-state index in [1.54, 1.807) is 0 Å². The molecule has 0 aromatic rings. The van der Waals surface area contributed by atoms with Crippen molar-refractivity contribution < 1.29 is 19.5 Å². The first kappa shape index (κ1) is 9.61. The van der Waals surface area contributed by atoms with Crippen LogP contribution in [0, 0.1) is 0 Å². The molecule has 61 valence electrons. The van der Waals surface area contributed by atoms with Crippen molar-refractivity contribution in [3.05, 3.63) is 0 Å². The molecule has 0 fully saturated rings. The van der Waals surface area contributed by atoms with Crippen LogP contribution in [0.3, 0.4) is 0 Å². The van der Waals surface area contributed by atoms with Crippen molar-refractivity contribution in [2.75, 3.05) is 0 Å². The first-order valence-electron chi connectivity index (χ1n) is 2.82. The number of rotatable bonds is 4. The normalized spacial score (nSPS) is 11.5. The maximum Gasteiger partial charge on any atom is 0.350 e. The number of oxime groups is 1. The largest absolute Gasteiger partial charge is 0.478 e. The molecule has 0 rings (SSSR count). The molecule has 5 nitrogen and oxygen atoms in total. The Hall–Kier alpha value is -1.39. The Morgan fingerprint density at radius 2 is 2.27 bits per heavy atom. The zero-order valence-electron chi connectivity index (χ0n) is 6.20. The molecule has 0 aliphatic heterocycles. The molecule has 0 heterocycles. The van der Waals surface area contributed by atoms with Crippen LogP contribution in [0.1, 0.15) is 13.8 Å². The lowest BCUT2D eigenvalue weighted by molar-refractivity contribution is -0.161. The van der Waals surface area contributed by atoms with E-state index in [-0.39, 0.29) is 0 Å². The summed E-state index contributed by atoms with van der Waals surface area (Å²) in [6, 6.07) is 0. The van der Waals surface area contributed by atoms with Crippen molar-refractivity contribution in [3.63, 3.8) is 0 Å². The Morgan fingerprint density at radius 1 is 1.73 bits per heavy atom. The van der Waals surface area contributed by atoms with Crippen molar-refractivity contribution in [2.45, 2.75) is 19.4 Å². The molecular weight excluding hydrogens is 150 g/mol. The molecule has 0 aliphatic carbocycles. The summed E-state index contributed by atoms with van der Waals surface area (Å²) in [4.78, 5) is 24.3. The molecule has 0 saturated heterocycles. The van der Waals surface area contributed by atoms with Gasteiger partial charge in [-0.15, -0.1) is 0 Å². The van der Waals surface area contributed by atoms with E-state index in [0.29, 0.717) is 6.21 Å². The quantitative estimate of drug-likeness (QED) is 0.460. The highest BCUT2D eigenvalue weighted by Crippen LogP contribution is 2.08. The average Bonchev–Trinajstić information content (AvgIpc) is 1.88. The van der Waals surface area contributed by atoms with Crippen molar-refractivity contribution in [1.29, 1.82) is 0 Å². The summed E-state index contributed by atoms with van der Waals surface area (Å²) < 4.78 is 0. The van der Waals surface area contributed by atoms with Crippen molar-refractivity contribution >= 4 is 18.5 Å². The SMILES string of the molecule is CC(C)(O/N=C\[C]=O)C(=O)O. The van der Waals surface area contributed by atoms with Crippen LogP contribution in [0.15, 0.2) is 5.16 Å². The second-order valence-electron chi connectivity index (χ2n) is 2.26. The number of carbonyl (C=O) groups excluding carboxylic acids is 1. The maximum atomic E-state index is 10.3. The van der Waals surface area contributed by atoms with Gasteiger partial charge in [0.15, 0.2) is 0 Å². The molecular formula is C6H8NO4. The molecule has 0 amide bonds. The molecule has 0 spiro atoms. The van der Waals surface area contributed by atoms with E-state index in [0.717, 1.165) is 0 Å². The van der Waals surface area contributed by atoms with Crippen LogP contribution in [-0.2, 0) is 14.4 Å². The van der Waals surface area contributed by atoms with Crippen LogP contribution in [0.4, 0.5) is 0 Å². The summed E-state index contributed by atoms with van der Waals surface area (Å²) in [5, 5.41) is 11.5. The number of hydrogen-bond donors (Lipinski definition) is 1. The van der Waals surface area contributed by atoms with Crippen molar-refractivity contribution in [2.24, 2.45) is 5.16 Å². The molecule has 0 unspecified atom stereocenters. The lowest BCUT2D eigenvalue weighted by Gasteiger charge is -2.15. The minimum absolute atomic E-state index is 0.713. The lowest BCUT2D eigenvalue weighted by atomic mass is 10.1. The number of carboxylic acids is 1. The molecule has 0 aliphatic rings. The Morgan fingerprint density at radius 3 is 2.64 bits per heavy atom. The third kappa shape index (κ3) is 3.34. The second kappa shape index (κ2) is 3.70. The Bertz CT molecular complexity index is 185. The van der Waals surface area contributed by atoms with Gasteiger partial charge in [-0.05, 0) is 13.8 Å². The third-order valence-electron chi connectivity index (χ3n) is 0.901. The van der Waals surface area contributed by atoms with E-state index < -0.39 is 11.6 Å². The fourth-order valence-corrected chi connectivity index (χ4v) is 0.219. The number of hydrogen-bond acceptors (Lipinski definition) is 4. The molecule has 5 heteroatoms. The zero-order valence-corrected chi connectivity index (χ0v) is 6.20. The molecule has 0 bridgehead atoms. The van der Waals surface area contributed by atoms with Gasteiger partial charge in [-0.1, -0.05) is 5.16 Å². The van der Waals surface area contributed by atoms with Gasteiger partial charge in [0, 0.05) is 0 Å². The molecule has 11 heavy (non-hydrogen) atoms. The van der Waals surface area contributed by atoms with Gasteiger partial charge in [-0.2, -0.15) is 0 Å². The molecule has 0 aromatic carbocycles. The first-order valence-corrected chi connectivity index (χ1v) is 2.82. The van der Waals surface area contributed by atoms with Crippen molar-refractivity contribution in [3.8, 4) is 0 Å². The summed E-state index contributed by atoms with van der Waals surface area (Å²) in [6.45, 7) is 2.63. The number of carboxylic acid groups (broad SMARTS) is 1. The summed E-state index contributed by atoms with van der Waals surface area (Å²) in [5.74, 6) is -1.15. The molecule has 1 radical (unpaired) electrons. The highest BCUT2D eigenvalue weighted by Gasteiger charge is 2.29. The monoisotopic (exact) mass is 158 g/mol. The highest BCUT2D eigenvalue weighted by molar-refractivity contribution is 6.13. The van der Waals surface area contributed by atoms with Crippen molar-refractivity contribution in [1.82, 2.24) is 0 Å². The molecule has 1 N–H and O–H groups in total. The summed E-state index contributed by atoms with van der Waals surface area (Å²) in [5.41, 5.74) is -1.41. The molecule has 0 saturated carbocycles. The maximum absolute atomic E-state index is 10.3. The number of nitrogens with zero attached hydrogens (tertiary/aromatic N) is 1. The van der Waals surface area contributed by atoms with Crippen LogP contribution >= 0.6 is 0 Å². The van der Waals surface area contributed by atoms with Crippen LogP contribution < -0.4 is 0 Å². The Labute approximate surface area is 63.6 Å². The van der Waals surface area contributed by atoms with Crippen LogP contribution in [-0.4, -0.2) is 29.2 Å². The number of carbonyl (C=O) groups is 1. The van der Waals surface area contributed by atoms with Gasteiger partial charge in [-0.25, -0.2) is 4.79 Å². The zero-order chi connectivity index (χ0) is 8.91. The summed E-state index contributed by atoms with van der Waals surface area (Å²) in [7, 11) is 0. The van der Waals surface area contributed by atoms with E-state index in [1.165, 1.54) is 20.1 Å². The third-order valence-corrected chi connectivity index (χ3v) is 0.901. The van der Waals surface area contributed by atoms with E-state index >= 15 is 0 Å². The predicted octanol–water partition coefficient (Wildman–Crippen LogP) is -0.0383. The topological polar surface area (TPSA) is 76.0 Å². The van der Waals surface area contributed by atoms with Gasteiger partial charge in [0.05, 0.1) is 0 Å². The van der Waals surface area contributed by atoms with E-state index in [4.69, 9.17) is 5.11 Å². The minimum atomic E-state index is -1.41. The lowest BCUT2D eigenvalue weighted by Crippen LogP contribution is -2.32. The fraction of sp³-hybridized carbons (Fsp3) is 0.500. The van der Waals surface area contributed by atoms with E-state index in [2.05, 4.69) is 9.99 Å². The van der Waals surface area contributed by atoms with E-state index in [9.17, 15) is 9.59 Å². The van der Waals surface area contributed by atoms with Crippen LogP contribution in [0.2, 0.25) is 0 Å². The summed E-state index contributed by atoms with van der Waals surface area (Å²) >= 11 is 0. The minimum Gasteiger partial charge on any atom is -0.478 e. The highest BCUT2D eigenvalue weighted by atomic mass is 16.7. The van der Waals surface area contributed by atoms with Gasteiger partial charge in [0.25, 0.3) is 0 Å². The summed E-state index contributed by atoms with van der Waals surface area (Å²) in [6.07, 6.45) is 2.03. The number of aliphatic carboxylic acids is 1.